The van der Waals surface area contributed by atoms with Gasteiger partial charge in [0, 0.05) is 30.1 Å². The molecule has 2 heterocycles. The van der Waals surface area contributed by atoms with Crippen molar-refractivity contribution >= 4 is 23.2 Å². The Hall–Kier alpha value is -3.03. The smallest absolute Gasteiger partial charge is 0.254 e. The van der Waals surface area contributed by atoms with E-state index in [4.69, 9.17) is 0 Å². The number of thiophene rings is 1. The Labute approximate surface area is 217 Å². The molecule has 0 spiro atoms. The van der Waals surface area contributed by atoms with Crippen LogP contribution in [0, 0.1) is 5.82 Å². The molecule has 5 nitrogen and oxygen atoms in total. The molecule has 2 aromatic carbocycles. The highest BCUT2D eigenvalue weighted by atomic mass is 32.1. The summed E-state index contributed by atoms with van der Waals surface area (Å²) in [6, 6.07) is 17.9. The van der Waals surface area contributed by atoms with Gasteiger partial charge < -0.3 is 14.7 Å². The summed E-state index contributed by atoms with van der Waals surface area (Å²) in [5.41, 5.74) is 2.63. The average molecular weight is 508 g/mol. The van der Waals surface area contributed by atoms with E-state index in [1.165, 1.54) is 30.5 Å². The first-order valence-corrected chi connectivity index (χ1v) is 13.5. The normalized spacial score (nSPS) is 13.6. The van der Waals surface area contributed by atoms with Crippen LogP contribution in [0.25, 0.3) is 0 Å². The molecule has 1 aliphatic rings. The van der Waals surface area contributed by atoms with E-state index in [1.54, 1.807) is 33.3 Å². The summed E-state index contributed by atoms with van der Waals surface area (Å²) in [4.78, 5) is 34.0. The summed E-state index contributed by atoms with van der Waals surface area (Å²) in [6.45, 7) is 6.24. The summed E-state index contributed by atoms with van der Waals surface area (Å²) in [6.07, 6.45) is 3.27. The molecule has 4 rings (SSSR count). The topological polar surface area (TPSA) is 43.9 Å². The molecule has 0 radical (unpaired) electrons. The van der Waals surface area contributed by atoms with E-state index >= 15 is 0 Å². The first-order valence-electron chi connectivity index (χ1n) is 12.7. The van der Waals surface area contributed by atoms with Gasteiger partial charge in [0.2, 0.25) is 5.91 Å². The van der Waals surface area contributed by atoms with Crippen LogP contribution in [0.1, 0.15) is 46.1 Å². The first kappa shape index (κ1) is 26.0. The molecule has 36 heavy (non-hydrogen) atoms. The van der Waals surface area contributed by atoms with Crippen molar-refractivity contribution in [3.63, 3.8) is 0 Å². The van der Waals surface area contributed by atoms with E-state index in [2.05, 4.69) is 11.8 Å². The largest absolute Gasteiger partial charge is 0.332 e. The highest BCUT2D eigenvalue weighted by molar-refractivity contribution is 7.09. The summed E-state index contributed by atoms with van der Waals surface area (Å²) >= 11 is 1.59. The number of benzene rings is 2. The number of likely N-dealkylation sites (tertiary alicyclic amines) is 1. The number of nitrogens with zero attached hydrogens (tertiary/aromatic N) is 3. The second-order valence-electron chi connectivity index (χ2n) is 9.28. The van der Waals surface area contributed by atoms with Gasteiger partial charge in [0.05, 0.1) is 6.54 Å². The fourth-order valence-corrected chi connectivity index (χ4v) is 5.20. The zero-order valence-electron chi connectivity index (χ0n) is 20.9. The number of hydrogen-bond donors (Lipinski definition) is 0. The molecule has 3 aromatic rings. The summed E-state index contributed by atoms with van der Waals surface area (Å²) in [7, 11) is 0. The van der Waals surface area contributed by atoms with Crippen LogP contribution in [-0.2, 0) is 24.3 Å². The van der Waals surface area contributed by atoms with Crippen LogP contribution < -0.4 is 0 Å². The maximum Gasteiger partial charge on any atom is 0.254 e. The SMILES string of the molecule is CCc1ccc(C(=O)N(CCN2CCCC2)CC(=O)N(Cc2ccc(F)cc2)Cc2cccs2)cc1. The van der Waals surface area contributed by atoms with Gasteiger partial charge in [-0.3, -0.25) is 9.59 Å². The van der Waals surface area contributed by atoms with Gasteiger partial charge in [0.25, 0.3) is 5.91 Å². The lowest BCUT2D eigenvalue weighted by molar-refractivity contribution is -0.133. The Morgan fingerprint density at radius 2 is 1.61 bits per heavy atom. The second-order valence-corrected chi connectivity index (χ2v) is 10.3. The molecule has 0 bridgehead atoms. The predicted octanol–water partition coefficient (Wildman–Crippen LogP) is 5.22. The Bertz CT molecular complexity index is 1110. The van der Waals surface area contributed by atoms with Crippen LogP contribution in [0.4, 0.5) is 4.39 Å². The maximum atomic E-state index is 13.6. The van der Waals surface area contributed by atoms with Gasteiger partial charge in [-0.25, -0.2) is 4.39 Å². The van der Waals surface area contributed by atoms with E-state index in [9.17, 15) is 14.0 Å². The molecular formula is C29H34FN3O2S. The van der Waals surface area contributed by atoms with Crippen molar-refractivity contribution in [3.05, 3.63) is 93.4 Å². The lowest BCUT2D eigenvalue weighted by atomic mass is 10.1. The third-order valence-electron chi connectivity index (χ3n) is 6.67. The van der Waals surface area contributed by atoms with Crippen LogP contribution in [0.15, 0.2) is 66.0 Å². The minimum Gasteiger partial charge on any atom is -0.332 e. The standard InChI is InChI=1S/C29H34FN3O2S/c1-2-23-7-11-25(12-8-23)29(35)32(18-17-31-15-3-4-16-31)22-28(34)33(21-27-6-5-19-36-27)20-24-9-13-26(30)14-10-24/h5-14,19H,2-4,15-18,20-22H2,1H3. The van der Waals surface area contributed by atoms with Crippen molar-refractivity contribution in [1.82, 2.24) is 14.7 Å². The zero-order valence-corrected chi connectivity index (χ0v) is 21.7. The molecule has 7 heteroatoms. The van der Waals surface area contributed by atoms with Gasteiger partial charge in [-0.05, 0) is 79.2 Å². The van der Waals surface area contributed by atoms with Crippen LogP contribution >= 0.6 is 11.3 Å². The molecule has 0 unspecified atom stereocenters. The minimum atomic E-state index is -0.303. The van der Waals surface area contributed by atoms with Crippen molar-refractivity contribution in [3.8, 4) is 0 Å². The van der Waals surface area contributed by atoms with Gasteiger partial charge >= 0.3 is 0 Å². The molecule has 0 atom stereocenters. The molecule has 0 aliphatic carbocycles. The Balaban J connectivity index is 1.52. The highest BCUT2D eigenvalue weighted by Crippen LogP contribution is 2.17. The van der Waals surface area contributed by atoms with Gasteiger partial charge in [-0.15, -0.1) is 11.3 Å². The van der Waals surface area contributed by atoms with E-state index < -0.39 is 0 Å². The van der Waals surface area contributed by atoms with Crippen molar-refractivity contribution < 1.29 is 14.0 Å². The summed E-state index contributed by atoms with van der Waals surface area (Å²) < 4.78 is 13.4. The van der Waals surface area contributed by atoms with Crippen LogP contribution in [0.3, 0.4) is 0 Å². The van der Waals surface area contributed by atoms with Crippen LogP contribution in [0.5, 0.6) is 0 Å². The monoisotopic (exact) mass is 507 g/mol. The quantitative estimate of drug-likeness (QED) is 0.358. The molecule has 1 aliphatic heterocycles. The molecule has 1 saturated heterocycles. The first-order chi connectivity index (χ1) is 17.5. The zero-order chi connectivity index (χ0) is 25.3. The predicted molar refractivity (Wildman–Crippen MR) is 142 cm³/mol. The average Bonchev–Trinajstić information content (AvgIpc) is 3.61. The van der Waals surface area contributed by atoms with E-state index in [1.807, 2.05) is 41.8 Å². The molecule has 0 N–H and O–H groups in total. The number of aryl methyl sites for hydroxylation is 1. The van der Waals surface area contributed by atoms with Crippen molar-refractivity contribution in [2.24, 2.45) is 0 Å². The Kier molecular flexibility index (Phi) is 9.25. The van der Waals surface area contributed by atoms with E-state index in [-0.39, 0.29) is 24.2 Å². The number of rotatable bonds is 11. The Morgan fingerprint density at radius 1 is 0.917 bits per heavy atom. The fourth-order valence-electron chi connectivity index (χ4n) is 4.48. The summed E-state index contributed by atoms with van der Waals surface area (Å²) in [5, 5.41) is 1.99. The molecule has 0 saturated carbocycles. The molecule has 2 amide bonds. The second kappa shape index (κ2) is 12.8. The van der Waals surface area contributed by atoms with Gasteiger partial charge in [-0.2, -0.15) is 0 Å². The van der Waals surface area contributed by atoms with E-state index in [0.717, 1.165) is 36.5 Å². The fraction of sp³-hybridized carbons (Fsp3) is 0.379. The maximum absolute atomic E-state index is 13.6. The third-order valence-corrected chi connectivity index (χ3v) is 7.53. The van der Waals surface area contributed by atoms with Crippen LogP contribution in [0.2, 0.25) is 0 Å². The van der Waals surface area contributed by atoms with Gasteiger partial charge in [-0.1, -0.05) is 37.3 Å². The van der Waals surface area contributed by atoms with Gasteiger partial charge in [0.1, 0.15) is 12.4 Å². The van der Waals surface area contributed by atoms with Crippen molar-refractivity contribution in [2.75, 3.05) is 32.7 Å². The van der Waals surface area contributed by atoms with E-state index in [0.29, 0.717) is 25.2 Å². The van der Waals surface area contributed by atoms with Crippen LogP contribution in [-0.4, -0.2) is 59.2 Å². The molecule has 1 fully saturated rings. The lowest BCUT2D eigenvalue weighted by Crippen LogP contribution is -2.45. The number of carbonyl (C=O) groups is 2. The Morgan fingerprint density at radius 3 is 2.25 bits per heavy atom. The van der Waals surface area contributed by atoms with Gasteiger partial charge in [0.15, 0.2) is 0 Å². The van der Waals surface area contributed by atoms with Crippen molar-refractivity contribution in [1.29, 1.82) is 0 Å². The molecular weight excluding hydrogens is 473 g/mol. The number of halogens is 1. The highest BCUT2D eigenvalue weighted by Gasteiger charge is 2.24. The summed E-state index contributed by atoms with van der Waals surface area (Å²) in [5.74, 6) is -0.543. The number of amides is 2. The third kappa shape index (κ3) is 7.24. The number of hydrogen-bond acceptors (Lipinski definition) is 4. The minimum absolute atomic E-state index is 0.00870. The van der Waals surface area contributed by atoms with Crippen molar-refractivity contribution in [2.45, 2.75) is 39.3 Å². The molecule has 190 valence electrons. The molecule has 1 aromatic heterocycles. The lowest BCUT2D eigenvalue weighted by Gasteiger charge is -2.29. The number of carbonyl (C=O) groups excluding carboxylic acids is 2.